The average Bonchev–Trinajstić information content (AvgIpc) is 2.53. The number of benzene rings is 1. The van der Waals surface area contributed by atoms with E-state index in [4.69, 9.17) is 5.73 Å². The van der Waals surface area contributed by atoms with Gasteiger partial charge >= 0.3 is 139 Å². The van der Waals surface area contributed by atoms with E-state index >= 15 is 0 Å². The van der Waals surface area contributed by atoms with Crippen LogP contribution in [0.15, 0.2) is 24.3 Å². The quantitative estimate of drug-likeness (QED) is 0.559. The number of amides is 1. The van der Waals surface area contributed by atoms with Gasteiger partial charge in [0, 0.05) is 0 Å². The molecule has 0 aliphatic carbocycles. The fourth-order valence-electron chi connectivity index (χ4n) is 2.09. The summed E-state index contributed by atoms with van der Waals surface area (Å²) in [6, 6.07) is 8.37. The van der Waals surface area contributed by atoms with Crippen molar-refractivity contribution in [1.82, 2.24) is 0 Å². The molecule has 21 heavy (non-hydrogen) atoms. The standard InChI is InChI=1S/C15H23AsN2OS2/c17-10-5-1-2-9-15(19)18-14-8-4-3-7-13(14)16-20-11-6-12-21-16/h3-4,7-8H,1-2,5-6,9-12,17H2,(H,18,19). The Balaban J connectivity index is 1.91. The molecule has 0 unspecified atom stereocenters. The van der Waals surface area contributed by atoms with Crippen LogP contribution in [0.3, 0.4) is 0 Å². The maximum absolute atomic E-state index is 12.1. The van der Waals surface area contributed by atoms with Crippen molar-refractivity contribution in [3.8, 4) is 0 Å². The van der Waals surface area contributed by atoms with Crippen molar-refractivity contribution in [2.45, 2.75) is 32.1 Å². The van der Waals surface area contributed by atoms with Crippen LogP contribution in [0.5, 0.6) is 0 Å². The zero-order chi connectivity index (χ0) is 14.9. The van der Waals surface area contributed by atoms with Gasteiger partial charge in [-0.15, -0.1) is 0 Å². The van der Waals surface area contributed by atoms with Crippen molar-refractivity contribution < 1.29 is 4.79 Å². The summed E-state index contributed by atoms with van der Waals surface area (Å²) in [5.74, 6) is 2.68. The Morgan fingerprint density at radius 2 is 1.95 bits per heavy atom. The van der Waals surface area contributed by atoms with Crippen LogP contribution in [-0.2, 0) is 4.79 Å². The molecule has 3 nitrogen and oxygen atoms in total. The summed E-state index contributed by atoms with van der Waals surface area (Å²) >= 11 is -1.09. The van der Waals surface area contributed by atoms with E-state index < -0.39 is 12.3 Å². The summed E-state index contributed by atoms with van der Waals surface area (Å²) in [4.78, 5) is 12.1. The molecule has 1 aliphatic heterocycles. The third-order valence-corrected chi connectivity index (χ3v) is 16.8. The molecule has 1 fully saturated rings. The number of carbonyl (C=O) groups is 1. The molecule has 0 atom stereocenters. The Bertz CT molecular complexity index is 453. The van der Waals surface area contributed by atoms with E-state index in [-0.39, 0.29) is 5.91 Å². The molecule has 3 N–H and O–H groups in total. The summed E-state index contributed by atoms with van der Waals surface area (Å²) in [6.07, 6.45) is 4.88. The van der Waals surface area contributed by atoms with Gasteiger partial charge in [0.05, 0.1) is 0 Å². The van der Waals surface area contributed by atoms with Crippen molar-refractivity contribution in [1.29, 1.82) is 0 Å². The monoisotopic (exact) mass is 386 g/mol. The second-order valence-electron chi connectivity index (χ2n) is 4.94. The van der Waals surface area contributed by atoms with Gasteiger partial charge in [-0.1, -0.05) is 0 Å². The van der Waals surface area contributed by atoms with Gasteiger partial charge < -0.3 is 0 Å². The molecule has 0 spiro atoms. The van der Waals surface area contributed by atoms with E-state index in [1.54, 1.807) is 0 Å². The molecule has 116 valence electrons. The second kappa shape index (κ2) is 9.83. The number of anilines is 1. The van der Waals surface area contributed by atoms with Crippen molar-refractivity contribution in [2.24, 2.45) is 5.73 Å². The molecular formula is C15H23AsN2OS2. The SMILES string of the molecule is NCCCCCC(=O)Nc1ccccc1[As]1SCCCS1. The Labute approximate surface area is 138 Å². The van der Waals surface area contributed by atoms with Crippen molar-refractivity contribution in [3.05, 3.63) is 24.3 Å². The topological polar surface area (TPSA) is 55.1 Å². The minimum atomic E-state index is -1.09. The first-order valence-electron chi connectivity index (χ1n) is 7.46. The Morgan fingerprint density at radius 3 is 2.71 bits per heavy atom. The van der Waals surface area contributed by atoms with Gasteiger partial charge in [0.15, 0.2) is 0 Å². The normalized spacial score (nSPS) is 15.9. The number of para-hydroxylation sites is 1. The van der Waals surface area contributed by atoms with E-state index in [2.05, 4.69) is 43.6 Å². The molecule has 0 saturated carbocycles. The Morgan fingerprint density at radius 1 is 1.19 bits per heavy atom. The first-order chi connectivity index (χ1) is 10.3. The number of carbonyl (C=O) groups excluding carboxylic acids is 1. The molecule has 1 aromatic rings. The molecule has 6 heteroatoms. The van der Waals surface area contributed by atoms with Crippen LogP contribution in [0.2, 0.25) is 0 Å². The third kappa shape index (κ3) is 5.90. The van der Waals surface area contributed by atoms with Gasteiger partial charge in [-0.2, -0.15) is 0 Å². The van der Waals surface area contributed by atoms with Crippen LogP contribution in [-0.4, -0.2) is 36.3 Å². The van der Waals surface area contributed by atoms with Crippen LogP contribution < -0.4 is 15.4 Å². The van der Waals surface area contributed by atoms with Gasteiger partial charge in [0.1, 0.15) is 0 Å². The van der Waals surface area contributed by atoms with Crippen LogP contribution in [0, 0.1) is 0 Å². The summed E-state index contributed by atoms with van der Waals surface area (Å²) in [6.45, 7) is 0.715. The van der Waals surface area contributed by atoms with Gasteiger partial charge in [-0.3, -0.25) is 0 Å². The van der Waals surface area contributed by atoms with Crippen LogP contribution in [0.25, 0.3) is 0 Å². The summed E-state index contributed by atoms with van der Waals surface area (Å²) < 4.78 is 1.40. The van der Waals surface area contributed by atoms with E-state index in [1.165, 1.54) is 22.3 Å². The first-order valence-corrected chi connectivity index (χ1v) is 14.9. The number of nitrogens with one attached hydrogen (secondary N) is 1. The fourth-order valence-corrected chi connectivity index (χ4v) is 15.7. The Kier molecular flexibility index (Phi) is 8.08. The van der Waals surface area contributed by atoms with Crippen LogP contribution in [0.1, 0.15) is 32.1 Å². The summed E-state index contributed by atoms with van der Waals surface area (Å²) in [5.41, 5.74) is 6.52. The number of nitrogens with two attached hydrogens (primary N) is 1. The fraction of sp³-hybridized carbons (Fsp3) is 0.533. The van der Waals surface area contributed by atoms with Gasteiger partial charge in [0.2, 0.25) is 0 Å². The molecule has 1 heterocycles. The van der Waals surface area contributed by atoms with Gasteiger partial charge in [-0.25, -0.2) is 0 Å². The van der Waals surface area contributed by atoms with E-state index in [9.17, 15) is 4.79 Å². The maximum atomic E-state index is 12.1. The van der Waals surface area contributed by atoms with Crippen molar-refractivity contribution >= 4 is 48.3 Å². The molecule has 1 aliphatic rings. The van der Waals surface area contributed by atoms with E-state index in [0.717, 1.165) is 24.9 Å². The number of hydrogen-bond donors (Lipinski definition) is 2. The molecular weight excluding hydrogens is 363 g/mol. The van der Waals surface area contributed by atoms with Crippen molar-refractivity contribution in [3.63, 3.8) is 0 Å². The van der Waals surface area contributed by atoms with Gasteiger partial charge in [0.25, 0.3) is 0 Å². The molecule has 0 bridgehead atoms. The zero-order valence-electron chi connectivity index (χ0n) is 12.2. The molecule has 2 rings (SSSR count). The molecule has 1 aromatic carbocycles. The number of rotatable bonds is 7. The summed E-state index contributed by atoms with van der Waals surface area (Å²) in [7, 11) is 4.25. The van der Waals surface area contributed by atoms with Crippen molar-refractivity contribution in [2.75, 3.05) is 23.4 Å². The van der Waals surface area contributed by atoms with Gasteiger partial charge in [-0.05, 0) is 0 Å². The van der Waals surface area contributed by atoms with E-state index in [1.807, 2.05) is 6.07 Å². The molecule has 1 amide bonds. The zero-order valence-corrected chi connectivity index (χ0v) is 15.7. The van der Waals surface area contributed by atoms with Crippen LogP contribution in [0.4, 0.5) is 5.69 Å². The second-order valence-corrected chi connectivity index (χ2v) is 16.6. The predicted octanol–water partition coefficient (Wildman–Crippen LogP) is 2.71. The number of unbranched alkanes of at least 4 members (excludes halogenated alkanes) is 2. The molecule has 1 saturated heterocycles. The Hall–Kier alpha value is -0.0916. The first kappa shape index (κ1) is 17.3. The third-order valence-electron chi connectivity index (χ3n) is 3.19. The molecule has 0 radical (unpaired) electrons. The number of hydrogen-bond acceptors (Lipinski definition) is 4. The molecule has 0 aromatic heterocycles. The van der Waals surface area contributed by atoms with Crippen LogP contribution >= 0.6 is 20.0 Å². The predicted molar refractivity (Wildman–Crippen MR) is 97.5 cm³/mol. The summed E-state index contributed by atoms with van der Waals surface area (Å²) in [5, 5.41) is 3.12. The van der Waals surface area contributed by atoms with E-state index in [0.29, 0.717) is 13.0 Å². The average molecular weight is 386 g/mol. The minimum absolute atomic E-state index is 0.139.